The molecular weight excluding hydrogens is 457 g/mol. The van der Waals surface area contributed by atoms with Crippen molar-refractivity contribution < 1.29 is 24.5 Å². The van der Waals surface area contributed by atoms with Gasteiger partial charge in [0, 0.05) is 17.5 Å². The normalized spacial score (nSPS) is 14.8. The van der Waals surface area contributed by atoms with Crippen molar-refractivity contribution in [3.8, 4) is 22.4 Å². The van der Waals surface area contributed by atoms with Crippen LogP contribution in [-0.4, -0.2) is 38.5 Å². The minimum Gasteiger partial charge on any atom is -0.481 e. The number of carboxylic acids is 1. The zero-order valence-corrected chi connectivity index (χ0v) is 20.6. The van der Waals surface area contributed by atoms with E-state index in [-0.39, 0.29) is 18.2 Å². The number of aliphatic hydroxyl groups excluding tert-OH is 2. The Morgan fingerprint density at radius 3 is 2.50 bits per heavy atom. The molecule has 188 valence electrons. The Morgan fingerprint density at radius 2 is 1.81 bits per heavy atom. The van der Waals surface area contributed by atoms with Crippen LogP contribution < -0.4 is 0 Å². The Labute approximate surface area is 211 Å². The summed E-state index contributed by atoms with van der Waals surface area (Å²) in [5, 5.41) is 29.4. The van der Waals surface area contributed by atoms with Gasteiger partial charge in [-0.3, -0.25) is 9.78 Å². The molecule has 0 saturated carbocycles. The highest BCUT2D eigenvalue weighted by Crippen LogP contribution is 2.42. The molecule has 6 heteroatoms. The van der Waals surface area contributed by atoms with Crippen LogP contribution in [0, 0.1) is 5.82 Å². The number of aliphatic hydroxyl groups is 2. The first-order chi connectivity index (χ1) is 17.2. The fourth-order valence-corrected chi connectivity index (χ4v) is 4.95. The molecule has 0 spiro atoms. The fraction of sp³-hybridized carbons (Fsp3) is 0.333. The molecule has 0 unspecified atom stereocenters. The van der Waals surface area contributed by atoms with E-state index in [1.807, 2.05) is 18.2 Å². The lowest BCUT2D eigenvalue weighted by Gasteiger charge is -2.22. The summed E-state index contributed by atoms with van der Waals surface area (Å²) in [6.07, 6.45) is 3.41. The van der Waals surface area contributed by atoms with E-state index in [1.54, 1.807) is 18.2 Å². The van der Waals surface area contributed by atoms with Gasteiger partial charge in [-0.25, -0.2) is 4.39 Å². The maximum absolute atomic E-state index is 13.9. The summed E-state index contributed by atoms with van der Waals surface area (Å²) in [5.74, 6) is -1.36. The van der Waals surface area contributed by atoms with Crippen molar-refractivity contribution in [2.45, 2.75) is 64.1 Å². The molecule has 1 aromatic heterocycles. The largest absolute Gasteiger partial charge is 0.481 e. The Bertz CT molecular complexity index is 1270. The van der Waals surface area contributed by atoms with Crippen LogP contribution >= 0.6 is 0 Å². The summed E-state index contributed by atoms with van der Waals surface area (Å²) in [6, 6.07) is 14.8. The number of rotatable bonds is 8. The minimum absolute atomic E-state index is 0.0688. The molecule has 0 radical (unpaired) electrons. The number of aliphatic carboxylic acids is 1. The quantitative estimate of drug-likeness (QED) is 0.374. The number of fused-ring (bicyclic) bond motifs is 3. The van der Waals surface area contributed by atoms with Crippen LogP contribution in [0.25, 0.3) is 28.5 Å². The van der Waals surface area contributed by atoms with Gasteiger partial charge in [0.25, 0.3) is 0 Å². The monoisotopic (exact) mass is 489 g/mol. The molecule has 1 aliphatic rings. The number of aryl methyl sites for hydroxylation is 1. The zero-order chi connectivity index (χ0) is 25.8. The Morgan fingerprint density at radius 1 is 1.08 bits per heavy atom. The molecule has 0 saturated heterocycles. The smallest absolute Gasteiger partial charge is 0.305 e. The molecule has 36 heavy (non-hydrogen) atoms. The highest BCUT2D eigenvalue weighted by atomic mass is 19.1. The number of halogens is 1. The predicted molar refractivity (Wildman–Crippen MR) is 139 cm³/mol. The first-order valence-corrected chi connectivity index (χ1v) is 12.4. The number of aromatic nitrogens is 1. The Balaban J connectivity index is 1.90. The maximum Gasteiger partial charge on any atom is 0.305 e. The van der Waals surface area contributed by atoms with Gasteiger partial charge in [0.05, 0.1) is 30.0 Å². The molecule has 1 heterocycles. The molecule has 0 amide bonds. The van der Waals surface area contributed by atoms with Crippen molar-refractivity contribution >= 4 is 12.0 Å². The topological polar surface area (TPSA) is 90.7 Å². The van der Waals surface area contributed by atoms with Crippen molar-refractivity contribution in [2.24, 2.45) is 0 Å². The van der Waals surface area contributed by atoms with Crippen molar-refractivity contribution in [3.63, 3.8) is 0 Å². The number of pyridine rings is 1. The molecular formula is C30H32FNO4. The molecule has 5 nitrogen and oxygen atoms in total. The van der Waals surface area contributed by atoms with Gasteiger partial charge in [0.2, 0.25) is 0 Å². The van der Waals surface area contributed by atoms with E-state index >= 15 is 0 Å². The molecule has 0 fully saturated rings. The van der Waals surface area contributed by atoms with E-state index in [0.717, 1.165) is 58.5 Å². The first kappa shape index (κ1) is 25.7. The summed E-state index contributed by atoms with van der Waals surface area (Å²) < 4.78 is 13.9. The molecule has 0 bridgehead atoms. The zero-order valence-electron chi connectivity index (χ0n) is 20.6. The summed E-state index contributed by atoms with van der Waals surface area (Å²) in [6.45, 7) is 4.13. The molecule has 3 N–H and O–H groups in total. The van der Waals surface area contributed by atoms with E-state index in [4.69, 9.17) is 10.1 Å². The van der Waals surface area contributed by atoms with Crippen LogP contribution in [0.15, 0.2) is 54.6 Å². The van der Waals surface area contributed by atoms with Crippen molar-refractivity contribution in [1.82, 2.24) is 4.98 Å². The number of nitrogens with zero attached hydrogens (tertiary/aromatic N) is 1. The van der Waals surface area contributed by atoms with Gasteiger partial charge < -0.3 is 15.3 Å². The lowest BCUT2D eigenvalue weighted by atomic mass is 9.86. The van der Waals surface area contributed by atoms with Crippen LogP contribution in [0.4, 0.5) is 4.39 Å². The van der Waals surface area contributed by atoms with Crippen molar-refractivity contribution in [2.75, 3.05) is 0 Å². The van der Waals surface area contributed by atoms with Gasteiger partial charge >= 0.3 is 5.97 Å². The van der Waals surface area contributed by atoms with E-state index in [0.29, 0.717) is 0 Å². The third-order valence-corrected chi connectivity index (χ3v) is 6.60. The van der Waals surface area contributed by atoms with Gasteiger partial charge in [0.1, 0.15) is 5.82 Å². The molecule has 2 aromatic carbocycles. The summed E-state index contributed by atoms with van der Waals surface area (Å²) in [5.41, 5.74) is 7.96. The van der Waals surface area contributed by atoms with Crippen LogP contribution in [0.2, 0.25) is 0 Å². The first-order valence-electron chi connectivity index (χ1n) is 12.4. The average molecular weight is 490 g/mol. The molecule has 0 aliphatic heterocycles. The van der Waals surface area contributed by atoms with Gasteiger partial charge in [-0.2, -0.15) is 0 Å². The van der Waals surface area contributed by atoms with Gasteiger partial charge in [0.15, 0.2) is 0 Å². The molecule has 3 aromatic rings. The SMILES string of the molecule is CC(C)c1nc2c(c(-c3ccc(F)cc3)c1/C=C/[C@@H](O)C[C@@H](O)CC(=O)O)CCCc1ccccc1-2. The molecule has 1 aliphatic carbocycles. The second kappa shape index (κ2) is 11.1. The number of carbonyl (C=O) groups is 1. The highest BCUT2D eigenvalue weighted by molar-refractivity contribution is 5.85. The van der Waals surface area contributed by atoms with Gasteiger partial charge in [-0.15, -0.1) is 0 Å². The van der Waals surface area contributed by atoms with E-state index in [2.05, 4.69) is 26.0 Å². The lowest BCUT2D eigenvalue weighted by Crippen LogP contribution is -2.19. The standard InChI is InChI=1S/C30H32FNO4/c1-18(2)29-26(15-14-22(33)16-23(34)17-27(35)36)28(20-10-12-21(31)13-11-20)25-9-5-7-19-6-3-4-8-24(19)30(25)32-29/h3-4,6,8,10-15,18,22-23,33-34H,5,7,9,16-17H2,1-2H3,(H,35,36)/b15-14+/t22-,23-/m1/s1. The summed E-state index contributed by atoms with van der Waals surface area (Å²) >= 11 is 0. The molecule has 4 rings (SSSR count). The second-order valence-corrected chi connectivity index (χ2v) is 9.70. The third-order valence-electron chi connectivity index (χ3n) is 6.60. The number of carboxylic acid groups (broad SMARTS) is 1. The van der Waals surface area contributed by atoms with Crippen molar-refractivity contribution in [3.05, 3.63) is 82.8 Å². The lowest BCUT2D eigenvalue weighted by molar-refractivity contribution is -0.139. The van der Waals surface area contributed by atoms with Crippen LogP contribution in [-0.2, 0) is 17.6 Å². The van der Waals surface area contributed by atoms with E-state index < -0.39 is 24.6 Å². The van der Waals surface area contributed by atoms with E-state index in [9.17, 15) is 19.4 Å². The summed E-state index contributed by atoms with van der Waals surface area (Å²) in [4.78, 5) is 16.0. The average Bonchev–Trinajstić information content (AvgIpc) is 3.01. The predicted octanol–water partition coefficient (Wildman–Crippen LogP) is 5.77. The Kier molecular flexibility index (Phi) is 7.97. The fourth-order valence-electron chi connectivity index (χ4n) is 4.95. The van der Waals surface area contributed by atoms with Gasteiger partial charge in [-0.05, 0) is 59.6 Å². The van der Waals surface area contributed by atoms with E-state index in [1.165, 1.54) is 17.7 Å². The van der Waals surface area contributed by atoms with Crippen molar-refractivity contribution in [1.29, 1.82) is 0 Å². The molecule has 2 atom stereocenters. The third kappa shape index (κ3) is 5.72. The van der Waals surface area contributed by atoms with Crippen LogP contribution in [0.1, 0.15) is 61.4 Å². The Hall–Kier alpha value is -3.35. The number of hydrogen-bond acceptors (Lipinski definition) is 4. The highest BCUT2D eigenvalue weighted by Gasteiger charge is 2.25. The number of hydrogen-bond donors (Lipinski definition) is 3. The number of benzene rings is 2. The van der Waals surface area contributed by atoms with Crippen LogP contribution in [0.5, 0.6) is 0 Å². The van der Waals surface area contributed by atoms with Gasteiger partial charge in [-0.1, -0.05) is 62.4 Å². The minimum atomic E-state index is -1.15. The maximum atomic E-state index is 13.9. The second-order valence-electron chi connectivity index (χ2n) is 9.70. The van der Waals surface area contributed by atoms with Crippen LogP contribution in [0.3, 0.4) is 0 Å². The summed E-state index contributed by atoms with van der Waals surface area (Å²) in [7, 11) is 0.